The number of aliphatic carboxylic acids is 1. The van der Waals surface area contributed by atoms with Crippen molar-refractivity contribution < 1.29 is 24.2 Å². The molecular weight excluding hydrogens is 450 g/mol. The third kappa shape index (κ3) is 4.21. The summed E-state index contributed by atoms with van der Waals surface area (Å²) < 4.78 is 5.37. The fraction of sp³-hybridized carbons (Fsp3) is 0.667. The van der Waals surface area contributed by atoms with Crippen LogP contribution in [-0.4, -0.2) is 29.6 Å². The number of hydrogen-bond acceptors (Lipinski definition) is 5. The number of nitrogens with one attached hydrogen (secondary N) is 1. The van der Waals surface area contributed by atoms with E-state index >= 15 is 0 Å². The van der Waals surface area contributed by atoms with Gasteiger partial charge in [0.1, 0.15) is 5.00 Å². The smallest absolute Gasteiger partial charge is 0.341 e. The number of amides is 1. The summed E-state index contributed by atoms with van der Waals surface area (Å²) in [6.07, 6.45) is 4.31. The van der Waals surface area contributed by atoms with Gasteiger partial charge in [0.2, 0.25) is 5.91 Å². The van der Waals surface area contributed by atoms with E-state index in [1.54, 1.807) is 6.92 Å². The second-order valence-corrected chi connectivity index (χ2v) is 12.5. The van der Waals surface area contributed by atoms with Gasteiger partial charge >= 0.3 is 11.9 Å². The molecule has 7 heteroatoms. The van der Waals surface area contributed by atoms with Gasteiger partial charge in [0.25, 0.3) is 0 Å². The van der Waals surface area contributed by atoms with Crippen molar-refractivity contribution in [2.75, 3.05) is 11.9 Å². The van der Waals surface area contributed by atoms with E-state index in [2.05, 4.69) is 26.1 Å². The Morgan fingerprint density at radius 3 is 2.29 bits per heavy atom. The van der Waals surface area contributed by atoms with Gasteiger partial charge in [-0.1, -0.05) is 31.9 Å². The minimum Gasteiger partial charge on any atom is -0.481 e. The summed E-state index contributed by atoms with van der Waals surface area (Å²) in [6.45, 7) is 12.8. The molecule has 2 N–H and O–H groups in total. The molecule has 2 fully saturated rings. The number of ether oxygens (including phenoxy) is 1. The molecule has 0 saturated heterocycles. The highest BCUT2D eigenvalue weighted by atomic mass is 32.1. The highest BCUT2D eigenvalue weighted by Crippen LogP contribution is 2.57. The van der Waals surface area contributed by atoms with Crippen molar-refractivity contribution in [1.82, 2.24) is 0 Å². The maximum Gasteiger partial charge on any atom is 0.341 e. The largest absolute Gasteiger partial charge is 0.481 e. The van der Waals surface area contributed by atoms with Gasteiger partial charge in [-0.3, -0.25) is 9.59 Å². The number of carboxylic acid groups (broad SMARTS) is 1. The Hall–Kier alpha value is -2.15. The van der Waals surface area contributed by atoms with Gasteiger partial charge in [-0.15, -0.1) is 11.3 Å². The Morgan fingerprint density at radius 2 is 1.74 bits per heavy atom. The SMILES string of the molecule is CCOC(=O)c1c(NC(=O)[C@@H]2[C@@H](C(=O)O)[C@@H]3CC[C@H]2C3=C(C)C)sc2c1CC[C@@H](C(C)(C)C)C2. The van der Waals surface area contributed by atoms with Crippen LogP contribution in [0.1, 0.15) is 81.6 Å². The summed E-state index contributed by atoms with van der Waals surface area (Å²) in [5.41, 5.74) is 3.90. The molecule has 2 bridgehead atoms. The van der Waals surface area contributed by atoms with Crippen molar-refractivity contribution in [3.8, 4) is 0 Å². The number of allylic oxidation sites excluding steroid dienone is 2. The molecule has 34 heavy (non-hydrogen) atoms. The van der Waals surface area contributed by atoms with Gasteiger partial charge in [0, 0.05) is 4.88 Å². The van der Waals surface area contributed by atoms with Gasteiger partial charge in [0.15, 0.2) is 0 Å². The van der Waals surface area contributed by atoms with Gasteiger partial charge in [-0.25, -0.2) is 4.79 Å². The predicted molar refractivity (Wildman–Crippen MR) is 133 cm³/mol. The zero-order valence-electron chi connectivity index (χ0n) is 21.1. The molecule has 1 heterocycles. The highest BCUT2D eigenvalue weighted by molar-refractivity contribution is 7.17. The minimum atomic E-state index is -0.907. The Balaban J connectivity index is 1.68. The Labute approximate surface area is 206 Å². The summed E-state index contributed by atoms with van der Waals surface area (Å²) in [5, 5.41) is 13.5. The van der Waals surface area contributed by atoms with Gasteiger partial charge in [-0.05, 0) is 81.6 Å². The normalized spacial score (nSPS) is 27.9. The van der Waals surface area contributed by atoms with Crippen LogP contribution in [0.4, 0.5) is 5.00 Å². The van der Waals surface area contributed by atoms with Crippen molar-refractivity contribution in [3.63, 3.8) is 0 Å². The second kappa shape index (κ2) is 9.14. The van der Waals surface area contributed by atoms with E-state index in [0.717, 1.165) is 53.7 Å². The lowest BCUT2D eigenvalue weighted by molar-refractivity contribution is -0.148. The molecule has 1 amide bonds. The number of anilines is 1. The number of esters is 1. The highest BCUT2D eigenvalue weighted by Gasteiger charge is 2.57. The van der Waals surface area contributed by atoms with E-state index in [1.807, 2.05) is 13.8 Å². The lowest BCUT2D eigenvalue weighted by Gasteiger charge is -2.33. The van der Waals surface area contributed by atoms with Crippen LogP contribution in [0.5, 0.6) is 0 Å². The van der Waals surface area contributed by atoms with E-state index in [9.17, 15) is 19.5 Å². The first-order chi connectivity index (χ1) is 16.0. The van der Waals surface area contributed by atoms with Crippen molar-refractivity contribution in [2.45, 2.75) is 73.6 Å². The standard InChI is InChI=1S/C27H37NO5S/c1-7-33-26(32)22-15-9-8-14(27(4,5)6)12-18(15)34-24(22)28-23(29)20-16-10-11-17(19(16)13(2)3)21(20)25(30)31/h14,16-17,20-21H,7-12H2,1-6H3,(H,28,29)(H,30,31)/t14-,16+,17-,20+,21+/m1/s1. The molecule has 4 rings (SSSR count). The molecule has 0 unspecified atom stereocenters. The first-order valence-electron chi connectivity index (χ1n) is 12.5. The number of carbonyl (C=O) groups excluding carboxylic acids is 2. The molecule has 1 aromatic rings. The number of rotatable bonds is 5. The van der Waals surface area contributed by atoms with Gasteiger partial charge in [0.05, 0.1) is 24.0 Å². The van der Waals surface area contributed by atoms with E-state index in [1.165, 1.54) is 11.3 Å². The summed E-state index contributed by atoms with van der Waals surface area (Å²) in [4.78, 5) is 39.9. The van der Waals surface area contributed by atoms with E-state index < -0.39 is 23.8 Å². The number of thiophene rings is 1. The number of hydrogen-bond donors (Lipinski definition) is 2. The van der Waals surface area contributed by atoms with Crippen LogP contribution in [-0.2, 0) is 27.2 Å². The summed E-state index contributed by atoms with van der Waals surface area (Å²) in [5.74, 6) is -2.53. The Bertz CT molecular complexity index is 1040. The van der Waals surface area contributed by atoms with Crippen LogP contribution in [0.2, 0.25) is 0 Å². The second-order valence-electron chi connectivity index (χ2n) is 11.4. The Kier molecular flexibility index (Phi) is 6.71. The maximum atomic E-state index is 13.6. The van der Waals surface area contributed by atoms with Crippen LogP contribution in [0.3, 0.4) is 0 Å². The van der Waals surface area contributed by atoms with Crippen molar-refractivity contribution in [3.05, 3.63) is 27.2 Å². The van der Waals surface area contributed by atoms with Crippen LogP contribution >= 0.6 is 11.3 Å². The Morgan fingerprint density at radius 1 is 1.09 bits per heavy atom. The van der Waals surface area contributed by atoms with Crippen LogP contribution in [0, 0.1) is 35.0 Å². The topological polar surface area (TPSA) is 92.7 Å². The van der Waals surface area contributed by atoms with E-state index in [0.29, 0.717) is 16.5 Å². The fourth-order valence-electron chi connectivity index (χ4n) is 6.63. The summed E-state index contributed by atoms with van der Waals surface area (Å²) in [7, 11) is 0. The zero-order chi connectivity index (χ0) is 24.9. The molecule has 0 aliphatic heterocycles. The summed E-state index contributed by atoms with van der Waals surface area (Å²) in [6, 6.07) is 0. The van der Waals surface area contributed by atoms with Crippen LogP contribution < -0.4 is 5.32 Å². The monoisotopic (exact) mass is 487 g/mol. The first-order valence-corrected chi connectivity index (χ1v) is 13.3. The lowest BCUT2D eigenvalue weighted by atomic mass is 9.72. The van der Waals surface area contributed by atoms with Crippen molar-refractivity contribution >= 4 is 34.2 Å². The average molecular weight is 488 g/mol. The number of carbonyl (C=O) groups is 3. The predicted octanol–water partition coefficient (Wildman–Crippen LogP) is 5.71. The van der Waals surface area contributed by atoms with Gasteiger partial charge < -0.3 is 15.2 Å². The van der Waals surface area contributed by atoms with E-state index in [-0.39, 0.29) is 29.8 Å². The first kappa shape index (κ1) is 25.0. The number of fused-ring (bicyclic) bond motifs is 3. The van der Waals surface area contributed by atoms with Crippen molar-refractivity contribution in [2.24, 2.45) is 35.0 Å². The summed E-state index contributed by atoms with van der Waals surface area (Å²) >= 11 is 1.47. The maximum absolute atomic E-state index is 13.6. The zero-order valence-corrected chi connectivity index (χ0v) is 21.9. The lowest BCUT2D eigenvalue weighted by Crippen LogP contribution is -2.38. The molecule has 0 spiro atoms. The molecule has 0 radical (unpaired) electrons. The average Bonchev–Trinajstić information content (AvgIpc) is 3.41. The molecular formula is C27H37NO5S. The molecule has 3 aliphatic rings. The third-order valence-corrected chi connectivity index (χ3v) is 9.38. The quantitative estimate of drug-likeness (QED) is 0.410. The molecule has 2 saturated carbocycles. The molecule has 3 aliphatic carbocycles. The van der Waals surface area contributed by atoms with Gasteiger partial charge in [-0.2, -0.15) is 0 Å². The molecule has 5 atom stereocenters. The molecule has 0 aromatic carbocycles. The van der Waals surface area contributed by atoms with Crippen LogP contribution in [0.25, 0.3) is 0 Å². The fourth-order valence-corrected chi connectivity index (χ4v) is 7.95. The minimum absolute atomic E-state index is 0.0398. The third-order valence-electron chi connectivity index (χ3n) is 8.21. The molecule has 1 aromatic heterocycles. The molecule has 6 nitrogen and oxygen atoms in total. The van der Waals surface area contributed by atoms with E-state index in [4.69, 9.17) is 4.74 Å². The van der Waals surface area contributed by atoms with Crippen molar-refractivity contribution in [1.29, 1.82) is 0 Å². The number of carboxylic acids is 1. The van der Waals surface area contributed by atoms with Crippen LogP contribution in [0.15, 0.2) is 11.1 Å². The molecule has 186 valence electrons.